The molecule has 21 heavy (non-hydrogen) atoms. The van der Waals surface area contributed by atoms with Crippen LogP contribution < -0.4 is 5.73 Å². The number of benzene rings is 1. The van der Waals surface area contributed by atoms with E-state index in [-0.39, 0.29) is 13.2 Å². The number of nitrogens with two attached hydrogens (primary N) is 1. The van der Waals surface area contributed by atoms with Crippen LogP contribution in [0.25, 0.3) is 11.0 Å². The molecule has 0 saturated heterocycles. The number of ether oxygens (including phenoxy) is 1. The van der Waals surface area contributed by atoms with E-state index in [0.29, 0.717) is 22.5 Å². The van der Waals surface area contributed by atoms with Gasteiger partial charge >= 0.3 is 6.18 Å². The summed E-state index contributed by atoms with van der Waals surface area (Å²) in [6.07, 6.45) is -5.19. The molecule has 0 fully saturated rings. The Morgan fingerprint density at radius 1 is 1.43 bits per heavy atom. The van der Waals surface area contributed by atoms with Crippen LogP contribution in [0.4, 0.5) is 18.9 Å². The number of hydrogen-bond acceptors (Lipinski definition) is 4. The average Bonchev–Trinajstić information content (AvgIpc) is 2.71. The Morgan fingerprint density at radius 3 is 2.76 bits per heavy atom. The number of nitrogen functional groups attached to an aromatic ring is 1. The maximum absolute atomic E-state index is 12.0. The Bertz CT molecular complexity index is 623. The summed E-state index contributed by atoms with van der Waals surface area (Å²) >= 11 is 0. The summed E-state index contributed by atoms with van der Waals surface area (Å²) in [5.41, 5.74) is 7.47. The first kappa shape index (κ1) is 15.6. The third kappa shape index (κ3) is 3.85. The average molecular weight is 303 g/mol. The molecule has 1 atom stereocenters. The van der Waals surface area contributed by atoms with Crippen molar-refractivity contribution in [1.29, 1.82) is 0 Å². The largest absolute Gasteiger partial charge is 0.411 e. The van der Waals surface area contributed by atoms with Crippen molar-refractivity contribution in [3.8, 4) is 0 Å². The van der Waals surface area contributed by atoms with Crippen molar-refractivity contribution in [2.24, 2.45) is 0 Å². The summed E-state index contributed by atoms with van der Waals surface area (Å²) in [6.45, 7) is 0.278. The second-order valence-corrected chi connectivity index (χ2v) is 4.71. The monoisotopic (exact) mass is 303 g/mol. The van der Waals surface area contributed by atoms with Crippen molar-refractivity contribution in [1.82, 2.24) is 9.55 Å². The molecule has 3 N–H and O–H groups in total. The van der Waals surface area contributed by atoms with E-state index in [9.17, 15) is 18.3 Å². The molecular weight excluding hydrogens is 287 g/mol. The lowest BCUT2D eigenvalue weighted by Crippen LogP contribution is -2.19. The Hall–Kier alpha value is -1.80. The zero-order chi connectivity index (χ0) is 15.6. The predicted molar refractivity (Wildman–Crippen MR) is 71.7 cm³/mol. The molecular formula is C13H16F3N3O2. The summed E-state index contributed by atoms with van der Waals surface area (Å²) in [7, 11) is 0. The Labute approximate surface area is 119 Å². The number of anilines is 1. The fourth-order valence-corrected chi connectivity index (χ4v) is 2.06. The van der Waals surface area contributed by atoms with Gasteiger partial charge < -0.3 is 20.1 Å². The summed E-state index contributed by atoms with van der Waals surface area (Å²) < 4.78 is 42.3. The predicted octanol–water partition coefficient (Wildman–Crippen LogP) is 2.25. The van der Waals surface area contributed by atoms with Gasteiger partial charge in [-0.3, -0.25) is 0 Å². The maximum Gasteiger partial charge on any atom is 0.411 e. The smallest absolute Gasteiger partial charge is 0.399 e. The minimum absolute atomic E-state index is 0.130. The first-order valence-electron chi connectivity index (χ1n) is 6.36. The van der Waals surface area contributed by atoms with E-state index in [0.717, 1.165) is 0 Å². The highest BCUT2D eigenvalue weighted by atomic mass is 19.4. The van der Waals surface area contributed by atoms with Crippen LogP contribution in [-0.4, -0.2) is 34.0 Å². The van der Waals surface area contributed by atoms with E-state index in [4.69, 9.17) is 5.73 Å². The maximum atomic E-state index is 12.0. The molecule has 0 aliphatic rings. The Kier molecular flexibility index (Phi) is 4.38. The highest BCUT2D eigenvalue weighted by molar-refractivity contribution is 5.79. The highest BCUT2D eigenvalue weighted by Gasteiger charge is 2.27. The van der Waals surface area contributed by atoms with Gasteiger partial charge in [0, 0.05) is 12.2 Å². The number of rotatable bonds is 5. The quantitative estimate of drug-likeness (QED) is 0.656. The number of imidazole rings is 1. The molecule has 1 heterocycles. The molecule has 2 rings (SSSR count). The fourth-order valence-electron chi connectivity index (χ4n) is 2.06. The Morgan fingerprint density at radius 2 is 2.14 bits per heavy atom. The van der Waals surface area contributed by atoms with E-state index < -0.39 is 18.9 Å². The highest BCUT2D eigenvalue weighted by Crippen LogP contribution is 2.23. The van der Waals surface area contributed by atoms with Crippen LogP contribution in [0, 0.1) is 0 Å². The molecule has 1 aromatic carbocycles. The lowest BCUT2D eigenvalue weighted by molar-refractivity contribution is -0.174. The second kappa shape index (κ2) is 5.90. The van der Waals surface area contributed by atoms with Gasteiger partial charge in [-0.25, -0.2) is 4.98 Å². The number of aromatic nitrogens is 2. The topological polar surface area (TPSA) is 73.3 Å². The summed E-state index contributed by atoms with van der Waals surface area (Å²) in [6, 6.07) is 5.03. The number of aliphatic hydroxyl groups excluding tert-OH is 1. The van der Waals surface area contributed by atoms with Crippen LogP contribution in [0.1, 0.15) is 18.9 Å². The number of aliphatic hydroxyl groups is 1. The minimum atomic E-state index is -4.35. The molecule has 0 bridgehead atoms. The SMILES string of the molecule is CC(O)c1nc2cc(N)ccc2n1CCOCC(F)(F)F. The second-order valence-electron chi connectivity index (χ2n) is 4.71. The fraction of sp³-hybridized carbons (Fsp3) is 0.462. The summed E-state index contributed by atoms with van der Waals surface area (Å²) in [5.74, 6) is 0.367. The third-order valence-corrected chi connectivity index (χ3v) is 2.90. The summed E-state index contributed by atoms with van der Waals surface area (Å²) in [5, 5.41) is 9.73. The van der Waals surface area contributed by atoms with Crippen LogP contribution >= 0.6 is 0 Å². The third-order valence-electron chi connectivity index (χ3n) is 2.90. The zero-order valence-corrected chi connectivity index (χ0v) is 11.4. The zero-order valence-electron chi connectivity index (χ0n) is 11.4. The van der Waals surface area contributed by atoms with Crippen LogP contribution in [0.5, 0.6) is 0 Å². The van der Waals surface area contributed by atoms with E-state index in [1.807, 2.05) is 0 Å². The van der Waals surface area contributed by atoms with Crippen molar-refractivity contribution in [3.05, 3.63) is 24.0 Å². The van der Waals surface area contributed by atoms with Gasteiger partial charge in [0.25, 0.3) is 0 Å². The number of nitrogens with zero attached hydrogens (tertiary/aromatic N) is 2. The molecule has 2 aromatic rings. The van der Waals surface area contributed by atoms with E-state index >= 15 is 0 Å². The van der Waals surface area contributed by atoms with Gasteiger partial charge in [0.1, 0.15) is 18.5 Å². The number of hydrogen-bond donors (Lipinski definition) is 2. The lowest BCUT2D eigenvalue weighted by Gasteiger charge is -2.12. The summed E-state index contributed by atoms with van der Waals surface area (Å²) in [4.78, 5) is 4.26. The van der Waals surface area contributed by atoms with E-state index in [1.54, 1.807) is 22.8 Å². The van der Waals surface area contributed by atoms with Gasteiger partial charge in [0.15, 0.2) is 0 Å². The Balaban J connectivity index is 2.19. The molecule has 1 aromatic heterocycles. The van der Waals surface area contributed by atoms with Crippen LogP contribution in [0.3, 0.4) is 0 Å². The standard InChI is InChI=1S/C13H16F3N3O2/c1-8(20)12-18-10-6-9(17)2-3-11(10)19(12)4-5-21-7-13(14,15)16/h2-3,6,8,20H,4-5,7,17H2,1H3. The van der Waals surface area contributed by atoms with Crippen molar-refractivity contribution in [2.45, 2.75) is 25.7 Å². The van der Waals surface area contributed by atoms with Crippen molar-refractivity contribution < 1.29 is 23.0 Å². The minimum Gasteiger partial charge on any atom is -0.399 e. The molecule has 5 nitrogen and oxygen atoms in total. The van der Waals surface area contributed by atoms with E-state index in [1.165, 1.54) is 6.92 Å². The number of fused-ring (bicyclic) bond motifs is 1. The molecule has 0 radical (unpaired) electrons. The van der Waals surface area contributed by atoms with Crippen molar-refractivity contribution >= 4 is 16.7 Å². The van der Waals surface area contributed by atoms with Gasteiger partial charge in [0.05, 0.1) is 17.6 Å². The van der Waals surface area contributed by atoms with Gasteiger partial charge in [-0.2, -0.15) is 13.2 Å². The molecule has 0 spiro atoms. The van der Waals surface area contributed by atoms with Gasteiger partial charge in [-0.05, 0) is 25.1 Å². The molecule has 116 valence electrons. The molecule has 0 aliphatic heterocycles. The first-order valence-corrected chi connectivity index (χ1v) is 6.36. The van der Waals surface area contributed by atoms with Gasteiger partial charge in [-0.1, -0.05) is 0 Å². The van der Waals surface area contributed by atoms with Crippen LogP contribution in [0.2, 0.25) is 0 Å². The van der Waals surface area contributed by atoms with Crippen LogP contribution in [0.15, 0.2) is 18.2 Å². The number of alkyl halides is 3. The van der Waals surface area contributed by atoms with Gasteiger partial charge in [0.2, 0.25) is 0 Å². The molecule has 0 amide bonds. The normalized spacial score (nSPS) is 13.8. The lowest BCUT2D eigenvalue weighted by atomic mass is 10.3. The molecule has 1 unspecified atom stereocenters. The first-order chi connectivity index (χ1) is 9.78. The van der Waals surface area contributed by atoms with Crippen molar-refractivity contribution in [2.75, 3.05) is 18.9 Å². The molecule has 0 aliphatic carbocycles. The van der Waals surface area contributed by atoms with Crippen molar-refractivity contribution in [3.63, 3.8) is 0 Å². The molecule has 8 heteroatoms. The van der Waals surface area contributed by atoms with Crippen LogP contribution in [-0.2, 0) is 11.3 Å². The molecule has 0 saturated carbocycles. The van der Waals surface area contributed by atoms with Gasteiger partial charge in [-0.15, -0.1) is 0 Å². The number of halogens is 3. The van der Waals surface area contributed by atoms with E-state index in [2.05, 4.69) is 9.72 Å².